The van der Waals surface area contributed by atoms with Gasteiger partial charge < -0.3 is 5.73 Å². The molecule has 1 aromatic heterocycles. The van der Waals surface area contributed by atoms with Gasteiger partial charge in [0.25, 0.3) is 0 Å². The molecule has 1 heterocycles. The number of hydrogen-bond donors (Lipinski definition) is 1. The van der Waals surface area contributed by atoms with Crippen molar-refractivity contribution >= 4 is 5.78 Å². The summed E-state index contributed by atoms with van der Waals surface area (Å²) in [5.41, 5.74) is 6.27. The van der Waals surface area contributed by atoms with E-state index >= 15 is 0 Å². The second-order valence-corrected chi connectivity index (χ2v) is 3.18. The Morgan fingerprint density at radius 2 is 2.15 bits per heavy atom. The minimum atomic E-state index is 0.0887. The third kappa shape index (κ3) is 3.34. The number of rotatable bonds is 4. The van der Waals surface area contributed by atoms with E-state index in [0.717, 1.165) is 12.0 Å². The highest BCUT2D eigenvalue weighted by Gasteiger charge is 2.05. The molecule has 13 heavy (non-hydrogen) atoms. The molecule has 0 aliphatic rings. The van der Waals surface area contributed by atoms with Gasteiger partial charge in [0.05, 0.1) is 0 Å². The first-order valence-corrected chi connectivity index (χ1v) is 4.39. The lowest BCUT2D eigenvalue weighted by Gasteiger charge is -2.03. The van der Waals surface area contributed by atoms with Crippen molar-refractivity contribution < 1.29 is 4.79 Å². The van der Waals surface area contributed by atoms with Gasteiger partial charge in [0.2, 0.25) is 0 Å². The predicted octanol–water partition coefficient (Wildman–Crippen LogP) is 1.39. The highest BCUT2D eigenvalue weighted by Crippen LogP contribution is 2.04. The molecule has 70 valence electrons. The van der Waals surface area contributed by atoms with Gasteiger partial charge in [-0.05, 0) is 25.5 Å². The van der Waals surface area contributed by atoms with Gasteiger partial charge in [-0.25, -0.2) is 0 Å². The maximum atomic E-state index is 11.5. The fraction of sp³-hybridized carbons (Fsp3) is 0.400. The Labute approximate surface area is 78.0 Å². The molecule has 3 heteroatoms. The Balaban J connectivity index is 2.50. The first kappa shape index (κ1) is 9.86. The van der Waals surface area contributed by atoms with Crippen molar-refractivity contribution in [3.05, 3.63) is 30.1 Å². The summed E-state index contributed by atoms with van der Waals surface area (Å²) in [4.78, 5) is 15.3. The van der Waals surface area contributed by atoms with Gasteiger partial charge in [-0.1, -0.05) is 0 Å². The largest absolute Gasteiger partial charge is 0.328 e. The number of pyridine rings is 1. The number of nitrogens with two attached hydrogens (primary N) is 1. The molecule has 0 bridgehead atoms. The van der Waals surface area contributed by atoms with E-state index in [2.05, 4.69) is 4.98 Å². The van der Waals surface area contributed by atoms with Crippen LogP contribution in [0, 0.1) is 0 Å². The van der Waals surface area contributed by atoms with Crippen molar-refractivity contribution in [2.24, 2.45) is 5.73 Å². The maximum absolute atomic E-state index is 11.5. The van der Waals surface area contributed by atoms with Crippen molar-refractivity contribution in [2.75, 3.05) is 0 Å². The van der Waals surface area contributed by atoms with E-state index in [0.29, 0.717) is 6.42 Å². The van der Waals surface area contributed by atoms with E-state index in [4.69, 9.17) is 5.73 Å². The van der Waals surface area contributed by atoms with Crippen LogP contribution in [0.1, 0.15) is 30.1 Å². The summed E-state index contributed by atoms with van der Waals surface area (Å²) in [5.74, 6) is 0.139. The molecule has 0 radical (unpaired) electrons. The van der Waals surface area contributed by atoms with Crippen molar-refractivity contribution in [1.82, 2.24) is 4.98 Å². The van der Waals surface area contributed by atoms with Gasteiger partial charge >= 0.3 is 0 Å². The van der Waals surface area contributed by atoms with Gasteiger partial charge in [0.1, 0.15) is 0 Å². The molecule has 3 nitrogen and oxygen atoms in total. The first-order valence-electron chi connectivity index (χ1n) is 4.39. The molecule has 2 N–H and O–H groups in total. The second kappa shape index (κ2) is 4.72. The van der Waals surface area contributed by atoms with Gasteiger partial charge in [-0.3, -0.25) is 9.78 Å². The van der Waals surface area contributed by atoms with Gasteiger partial charge in [-0.2, -0.15) is 0 Å². The SMILES string of the molecule is C[C@H](N)CCC(=O)c1ccncc1. The molecule has 0 spiro atoms. The highest BCUT2D eigenvalue weighted by atomic mass is 16.1. The van der Waals surface area contributed by atoms with E-state index < -0.39 is 0 Å². The number of hydrogen-bond acceptors (Lipinski definition) is 3. The molecular weight excluding hydrogens is 164 g/mol. The van der Waals surface area contributed by atoms with E-state index in [1.807, 2.05) is 6.92 Å². The fourth-order valence-corrected chi connectivity index (χ4v) is 1.04. The third-order valence-electron chi connectivity index (χ3n) is 1.83. The van der Waals surface area contributed by atoms with Gasteiger partial charge in [0.15, 0.2) is 5.78 Å². The monoisotopic (exact) mass is 178 g/mol. The highest BCUT2D eigenvalue weighted by molar-refractivity contribution is 5.95. The van der Waals surface area contributed by atoms with Crippen LogP contribution in [-0.4, -0.2) is 16.8 Å². The normalized spacial score (nSPS) is 12.5. The molecule has 1 rings (SSSR count). The van der Waals surface area contributed by atoms with Crippen LogP contribution in [0.5, 0.6) is 0 Å². The first-order chi connectivity index (χ1) is 6.20. The summed E-state index contributed by atoms with van der Waals surface area (Å²) in [6.45, 7) is 1.90. The molecule has 0 unspecified atom stereocenters. The summed E-state index contributed by atoms with van der Waals surface area (Å²) in [5, 5.41) is 0. The third-order valence-corrected chi connectivity index (χ3v) is 1.83. The molecule has 0 aliphatic carbocycles. The van der Waals surface area contributed by atoms with Gasteiger partial charge in [0, 0.05) is 30.4 Å². The number of aromatic nitrogens is 1. The molecule has 0 fully saturated rings. The van der Waals surface area contributed by atoms with Crippen molar-refractivity contribution in [3.63, 3.8) is 0 Å². The van der Waals surface area contributed by atoms with Gasteiger partial charge in [-0.15, -0.1) is 0 Å². The number of Topliss-reactive ketones (excluding diaryl/α,β-unsaturated/α-hetero) is 1. The molecule has 0 saturated heterocycles. The van der Waals surface area contributed by atoms with Crippen LogP contribution in [0.2, 0.25) is 0 Å². The predicted molar refractivity (Wildman–Crippen MR) is 51.5 cm³/mol. The van der Waals surface area contributed by atoms with Crippen LogP contribution in [-0.2, 0) is 0 Å². The van der Waals surface area contributed by atoms with Crippen LogP contribution in [0.4, 0.5) is 0 Å². The lowest BCUT2D eigenvalue weighted by atomic mass is 10.1. The quantitative estimate of drug-likeness (QED) is 0.709. The molecule has 0 saturated carbocycles. The van der Waals surface area contributed by atoms with E-state index in [1.54, 1.807) is 24.5 Å². The molecule has 1 aromatic rings. The standard InChI is InChI=1S/C10H14N2O/c1-8(11)2-3-10(13)9-4-6-12-7-5-9/h4-8H,2-3,11H2,1H3/t8-/m0/s1. The molecule has 0 aliphatic heterocycles. The molecule has 0 aromatic carbocycles. The van der Waals surface area contributed by atoms with Crippen molar-refractivity contribution in [3.8, 4) is 0 Å². The summed E-state index contributed by atoms with van der Waals surface area (Å²) >= 11 is 0. The Kier molecular flexibility index (Phi) is 3.58. The van der Waals surface area contributed by atoms with E-state index in [1.165, 1.54) is 0 Å². The average molecular weight is 178 g/mol. The zero-order valence-electron chi connectivity index (χ0n) is 7.73. The molecular formula is C10H14N2O. The van der Waals surface area contributed by atoms with E-state index in [9.17, 15) is 4.79 Å². The zero-order valence-corrected chi connectivity index (χ0v) is 7.73. The number of nitrogens with zero attached hydrogens (tertiary/aromatic N) is 1. The van der Waals surface area contributed by atoms with Crippen molar-refractivity contribution in [1.29, 1.82) is 0 Å². The van der Waals surface area contributed by atoms with Crippen LogP contribution < -0.4 is 5.73 Å². The summed E-state index contributed by atoms with van der Waals surface area (Å²) < 4.78 is 0. The maximum Gasteiger partial charge on any atom is 0.163 e. The Morgan fingerprint density at radius 1 is 1.54 bits per heavy atom. The average Bonchev–Trinajstić information content (AvgIpc) is 2.15. The summed E-state index contributed by atoms with van der Waals surface area (Å²) in [6.07, 6.45) is 4.50. The zero-order chi connectivity index (χ0) is 9.68. The van der Waals surface area contributed by atoms with Crippen LogP contribution in [0.25, 0.3) is 0 Å². The fourth-order valence-electron chi connectivity index (χ4n) is 1.04. The minimum Gasteiger partial charge on any atom is -0.328 e. The van der Waals surface area contributed by atoms with Crippen LogP contribution in [0.15, 0.2) is 24.5 Å². The Bertz CT molecular complexity index is 270. The van der Waals surface area contributed by atoms with Crippen LogP contribution in [0.3, 0.4) is 0 Å². The number of ketones is 1. The topological polar surface area (TPSA) is 56.0 Å². The summed E-state index contributed by atoms with van der Waals surface area (Å²) in [6, 6.07) is 3.54. The smallest absolute Gasteiger partial charge is 0.163 e. The Morgan fingerprint density at radius 3 is 2.69 bits per heavy atom. The lowest BCUT2D eigenvalue weighted by Crippen LogP contribution is -2.16. The van der Waals surface area contributed by atoms with Crippen molar-refractivity contribution in [2.45, 2.75) is 25.8 Å². The van der Waals surface area contributed by atoms with E-state index in [-0.39, 0.29) is 11.8 Å². The molecule has 1 atom stereocenters. The minimum absolute atomic E-state index is 0.0887. The van der Waals surface area contributed by atoms with Crippen LogP contribution >= 0.6 is 0 Å². The lowest BCUT2D eigenvalue weighted by molar-refractivity contribution is 0.0978. The summed E-state index contributed by atoms with van der Waals surface area (Å²) in [7, 11) is 0. The number of carbonyl (C=O) groups is 1. The second-order valence-electron chi connectivity index (χ2n) is 3.18. The Hall–Kier alpha value is -1.22. The molecule has 0 amide bonds. The number of carbonyl (C=O) groups excluding carboxylic acids is 1.